The maximum atomic E-state index is 11.9. The van der Waals surface area contributed by atoms with Crippen LogP contribution in [0.3, 0.4) is 0 Å². The predicted octanol–water partition coefficient (Wildman–Crippen LogP) is -4.14. The molecule has 0 radical (unpaired) electrons. The maximum absolute atomic E-state index is 11.9. The van der Waals surface area contributed by atoms with E-state index in [2.05, 4.69) is 24.2 Å². The molecule has 10 N–H and O–H groups in total. The Kier molecular flexibility index (Phi) is 6.05. The SMILES string of the molecule is NC1N=CN=C2N([C@@H]3O[C@H](COP(=O)(O)OP(=O)(O)NP(=O)(O)O)[C@@H](O)[C@H]3O)CN3N[C@@]213. The van der Waals surface area contributed by atoms with Crippen LogP contribution in [0.4, 0.5) is 0 Å². The number of nitrogens with two attached hydrogens (primary N) is 1. The summed E-state index contributed by atoms with van der Waals surface area (Å²) in [6, 6.07) is 0. The first kappa shape index (κ1) is 24.4. The molecule has 4 rings (SSSR count). The third kappa shape index (κ3) is 4.49. The first-order chi connectivity index (χ1) is 14.7. The zero-order valence-electron chi connectivity index (χ0n) is 15.7. The summed E-state index contributed by atoms with van der Waals surface area (Å²) >= 11 is 0. The fourth-order valence-electron chi connectivity index (χ4n) is 3.57. The van der Waals surface area contributed by atoms with Crippen molar-refractivity contribution in [3.05, 3.63) is 0 Å². The van der Waals surface area contributed by atoms with Crippen molar-refractivity contribution in [3.8, 4) is 0 Å². The summed E-state index contributed by atoms with van der Waals surface area (Å²) in [5, 5.41) is 22.4. The van der Waals surface area contributed by atoms with Crippen LogP contribution in [0.5, 0.6) is 0 Å². The van der Waals surface area contributed by atoms with E-state index in [1.165, 1.54) is 11.2 Å². The van der Waals surface area contributed by atoms with Crippen molar-refractivity contribution >= 4 is 35.5 Å². The summed E-state index contributed by atoms with van der Waals surface area (Å²) in [4.78, 5) is 46.6. The van der Waals surface area contributed by atoms with Gasteiger partial charge < -0.3 is 45.2 Å². The predicted molar refractivity (Wildman–Crippen MR) is 101 cm³/mol. The van der Waals surface area contributed by atoms with E-state index < -0.39 is 66.3 Å². The molecule has 32 heavy (non-hydrogen) atoms. The van der Waals surface area contributed by atoms with E-state index in [0.29, 0.717) is 5.84 Å². The number of nitrogens with zero attached hydrogens (tertiary/aromatic N) is 4. The van der Waals surface area contributed by atoms with Gasteiger partial charge in [0, 0.05) is 0 Å². The number of rotatable bonds is 8. The summed E-state index contributed by atoms with van der Waals surface area (Å²) in [5.74, 6) is 0.374. The minimum absolute atomic E-state index is 0.154. The molecule has 4 aliphatic rings. The lowest BCUT2D eigenvalue weighted by atomic mass is 10.1. The van der Waals surface area contributed by atoms with Crippen molar-refractivity contribution in [2.45, 2.75) is 36.4 Å². The molecule has 22 heteroatoms. The first-order valence-corrected chi connectivity index (χ1v) is 13.4. The number of amidine groups is 1. The lowest BCUT2D eigenvalue weighted by Gasteiger charge is -2.31. The Balaban J connectivity index is 1.39. The molecule has 0 aliphatic carbocycles. The van der Waals surface area contributed by atoms with Gasteiger partial charge in [0.2, 0.25) is 0 Å². The number of hydrazine groups is 1. The molecule has 3 saturated heterocycles. The van der Waals surface area contributed by atoms with Crippen LogP contribution < -0.4 is 16.0 Å². The number of phosphoric acid groups is 1. The van der Waals surface area contributed by atoms with Gasteiger partial charge in [0.05, 0.1) is 13.3 Å². The molecule has 0 saturated carbocycles. The summed E-state index contributed by atoms with van der Waals surface area (Å²) in [6.07, 6.45) is -5.14. The Morgan fingerprint density at radius 2 is 1.97 bits per heavy atom. The highest BCUT2D eigenvalue weighted by molar-refractivity contribution is 7.70. The highest BCUT2D eigenvalue weighted by atomic mass is 31.3. The zero-order valence-corrected chi connectivity index (χ0v) is 18.4. The van der Waals surface area contributed by atoms with Gasteiger partial charge in [-0.05, 0) is 0 Å². The minimum Gasteiger partial charge on any atom is -0.387 e. The van der Waals surface area contributed by atoms with Crippen LogP contribution in [-0.4, -0.2) is 102 Å². The van der Waals surface area contributed by atoms with Gasteiger partial charge in [-0.2, -0.15) is 9.32 Å². The molecule has 182 valence electrons. The van der Waals surface area contributed by atoms with E-state index in [1.807, 2.05) is 0 Å². The van der Waals surface area contributed by atoms with Crippen LogP contribution >= 0.6 is 23.3 Å². The Hall–Kier alpha value is -0.690. The van der Waals surface area contributed by atoms with Gasteiger partial charge in [-0.15, -0.1) is 4.86 Å². The van der Waals surface area contributed by atoms with Gasteiger partial charge in [0.15, 0.2) is 17.7 Å². The molecule has 4 aliphatic heterocycles. The number of hydrogen-bond donors (Lipinski definition) is 9. The number of nitrogens with one attached hydrogen (secondary N) is 2. The Morgan fingerprint density at radius 1 is 1.28 bits per heavy atom. The Labute approximate surface area is 178 Å². The fraction of sp³-hybridized carbons (Fsp3) is 0.800. The highest BCUT2D eigenvalue weighted by Gasteiger charge is 2.70. The summed E-state index contributed by atoms with van der Waals surface area (Å²) in [7, 11) is -16.1. The smallest absolute Gasteiger partial charge is 0.387 e. The molecule has 1 spiro atoms. The Bertz CT molecular complexity index is 990. The van der Waals surface area contributed by atoms with Crippen molar-refractivity contribution in [1.82, 2.24) is 20.2 Å². The van der Waals surface area contributed by atoms with Crippen LogP contribution in [0.25, 0.3) is 0 Å². The second kappa shape index (κ2) is 7.93. The van der Waals surface area contributed by atoms with Crippen molar-refractivity contribution in [3.63, 3.8) is 0 Å². The molecule has 4 heterocycles. The average Bonchev–Trinajstić information content (AvgIpc) is 3.13. The van der Waals surface area contributed by atoms with E-state index in [4.69, 9.17) is 20.3 Å². The van der Waals surface area contributed by atoms with Crippen LogP contribution in [0, 0.1) is 0 Å². The van der Waals surface area contributed by atoms with Gasteiger partial charge in [-0.3, -0.25) is 9.52 Å². The van der Waals surface area contributed by atoms with Crippen molar-refractivity contribution in [2.75, 3.05) is 13.3 Å². The van der Waals surface area contributed by atoms with Crippen LogP contribution in [-0.2, 0) is 27.3 Å². The number of phosphoric ester groups is 1. The number of aliphatic hydroxyl groups is 2. The Morgan fingerprint density at radius 3 is 2.62 bits per heavy atom. The first-order valence-electron chi connectivity index (χ1n) is 8.71. The molecule has 0 aromatic heterocycles. The van der Waals surface area contributed by atoms with Gasteiger partial charge in [-0.1, -0.05) is 0 Å². The molecule has 9 atom stereocenters. The number of aliphatic hydroxyl groups excluding tert-OH is 2. The standard InChI is InChI=1S/C10H20N7O12P3/c11-8-10-9(13-2-12-8)16(3-17(10)14-10)7-6(19)5(18)4(28-7)1-27-32(25,26)29-31(23,24)15-30(20,21)22/h2,4-8,14,18-19H,1,3,11H2,(H,25,26)(H4,15,20,21,22,23,24)/t4-,5-,6-,7-,8?,10+,17?/m1/s1. The summed E-state index contributed by atoms with van der Waals surface area (Å²) in [5.41, 5.74) is 8.11. The van der Waals surface area contributed by atoms with E-state index in [0.717, 1.165) is 4.86 Å². The lowest BCUT2D eigenvalue weighted by molar-refractivity contribution is -0.0738. The molecule has 0 aromatic rings. The third-order valence-electron chi connectivity index (χ3n) is 4.94. The molecule has 0 aromatic carbocycles. The average molecular weight is 523 g/mol. The van der Waals surface area contributed by atoms with Gasteiger partial charge >= 0.3 is 23.3 Å². The third-order valence-corrected chi connectivity index (χ3v) is 9.18. The van der Waals surface area contributed by atoms with Crippen molar-refractivity contribution < 1.29 is 57.1 Å². The van der Waals surface area contributed by atoms with Gasteiger partial charge in [-0.25, -0.2) is 24.1 Å². The summed E-state index contributed by atoms with van der Waals surface area (Å²) in [6.45, 7) is -0.742. The number of hydrogen-bond acceptors (Lipinski definition) is 14. The van der Waals surface area contributed by atoms with Crippen molar-refractivity contribution in [1.29, 1.82) is 0 Å². The van der Waals surface area contributed by atoms with E-state index in [9.17, 15) is 33.7 Å². The molecular weight excluding hydrogens is 503 g/mol. The number of aliphatic imine (C=N–C) groups is 2. The van der Waals surface area contributed by atoms with Crippen LogP contribution in [0.2, 0.25) is 0 Å². The van der Waals surface area contributed by atoms with E-state index in [1.54, 1.807) is 5.01 Å². The molecular formula is C10H20N7O12P3. The summed E-state index contributed by atoms with van der Waals surface area (Å²) < 4.78 is 48.1. The van der Waals surface area contributed by atoms with Gasteiger partial charge in [0.25, 0.3) is 0 Å². The molecule has 0 amide bonds. The van der Waals surface area contributed by atoms with Crippen molar-refractivity contribution in [2.24, 2.45) is 15.7 Å². The largest absolute Gasteiger partial charge is 0.480 e. The quantitative estimate of drug-likeness (QED) is 0.108. The van der Waals surface area contributed by atoms with Gasteiger partial charge in [0.1, 0.15) is 30.8 Å². The van der Waals surface area contributed by atoms with E-state index in [-0.39, 0.29) is 6.67 Å². The molecule has 19 nitrogen and oxygen atoms in total. The topological polar surface area (TPSA) is 291 Å². The maximum Gasteiger partial charge on any atom is 0.480 e. The zero-order chi connectivity index (χ0) is 23.7. The van der Waals surface area contributed by atoms with E-state index >= 15 is 0 Å². The normalized spacial score (nSPS) is 42.1. The fourth-order valence-corrected chi connectivity index (χ4v) is 7.01. The second-order valence-electron chi connectivity index (χ2n) is 7.14. The van der Waals surface area contributed by atoms with Crippen LogP contribution in [0.1, 0.15) is 0 Å². The second-order valence-corrected chi connectivity index (χ2v) is 11.9. The molecule has 3 fully saturated rings. The number of ether oxygens (including phenoxy) is 1. The van der Waals surface area contributed by atoms with Crippen LogP contribution in [0.15, 0.2) is 9.98 Å². The minimum atomic E-state index is -5.44. The molecule has 0 bridgehead atoms. The highest BCUT2D eigenvalue weighted by Crippen LogP contribution is 2.61. The molecule has 4 unspecified atom stereocenters. The lowest BCUT2D eigenvalue weighted by Crippen LogP contribution is -2.55. The monoisotopic (exact) mass is 523 g/mol.